The predicted molar refractivity (Wildman–Crippen MR) is 71.1 cm³/mol. The van der Waals surface area contributed by atoms with E-state index in [2.05, 4.69) is 18.4 Å². The number of carbonyl (C=O) groups is 1. The van der Waals surface area contributed by atoms with Gasteiger partial charge in [0.1, 0.15) is 0 Å². The van der Waals surface area contributed by atoms with Crippen LogP contribution >= 0.6 is 22.9 Å². The van der Waals surface area contributed by atoms with Crippen molar-refractivity contribution in [3.8, 4) is 10.4 Å². The van der Waals surface area contributed by atoms with E-state index >= 15 is 0 Å². The summed E-state index contributed by atoms with van der Waals surface area (Å²) in [7, 11) is 0. The Balaban J connectivity index is 2.47. The van der Waals surface area contributed by atoms with E-state index in [9.17, 15) is 4.79 Å². The van der Waals surface area contributed by atoms with E-state index < -0.39 is 5.97 Å². The highest BCUT2D eigenvalue weighted by Gasteiger charge is 2.09. The summed E-state index contributed by atoms with van der Waals surface area (Å²) in [6.45, 7) is 2.09. The maximum atomic E-state index is 10.9. The summed E-state index contributed by atoms with van der Waals surface area (Å²) in [5.41, 5.74) is 2.33. The molecule has 88 valence electrons. The second-order valence-corrected chi connectivity index (χ2v) is 5.05. The van der Waals surface area contributed by atoms with Crippen molar-refractivity contribution >= 4 is 28.9 Å². The van der Waals surface area contributed by atoms with Gasteiger partial charge in [-0.2, -0.15) is 0 Å². The van der Waals surface area contributed by atoms with Gasteiger partial charge in [-0.1, -0.05) is 18.5 Å². The van der Waals surface area contributed by atoms with Gasteiger partial charge in [0.2, 0.25) is 0 Å². The second kappa shape index (κ2) is 4.90. The van der Waals surface area contributed by atoms with Crippen LogP contribution in [0.1, 0.15) is 22.8 Å². The molecular formula is C13H11ClO2S. The summed E-state index contributed by atoms with van der Waals surface area (Å²) >= 11 is 7.53. The smallest absolute Gasteiger partial charge is 0.335 e. The molecule has 1 aromatic carbocycles. The minimum atomic E-state index is -0.957. The third-order valence-electron chi connectivity index (χ3n) is 2.49. The lowest BCUT2D eigenvalue weighted by Gasteiger charge is -2.01. The summed E-state index contributed by atoms with van der Waals surface area (Å²) in [6.07, 6.45) is 0.975. The number of benzene rings is 1. The molecule has 0 amide bonds. The normalized spacial score (nSPS) is 10.5. The van der Waals surface area contributed by atoms with Crippen molar-refractivity contribution in [1.82, 2.24) is 0 Å². The third-order valence-corrected chi connectivity index (χ3v) is 3.74. The average molecular weight is 267 g/mol. The molecule has 1 heterocycles. The quantitative estimate of drug-likeness (QED) is 0.898. The number of hydrogen-bond donors (Lipinski definition) is 1. The summed E-state index contributed by atoms with van der Waals surface area (Å²) in [4.78, 5) is 12.0. The number of rotatable bonds is 3. The van der Waals surface area contributed by atoms with E-state index in [0.29, 0.717) is 5.02 Å². The first kappa shape index (κ1) is 12.1. The fraction of sp³-hybridized carbons (Fsp3) is 0.154. The van der Waals surface area contributed by atoms with Crippen LogP contribution in [0.2, 0.25) is 5.02 Å². The number of carboxylic acids is 1. The zero-order valence-corrected chi connectivity index (χ0v) is 10.8. The zero-order valence-electron chi connectivity index (χ0n) is 9.24. The molecule has 2 rings (SSSR count). The van der Waals surface area contributed by atoms with Gasteiger partial charge in [0.25, 0.3) is 0 Å². The van der Waals surface area contributed by atoms with E-state index in [-0.39, 0.29) is 5.56 Å². The van der Waals surface area contributed by atoms with E-state index in [1.807, 2.05) is 0 Å². The van der Waals surface area contributed by atoms with Crippen LogP contribution in [-0.2, 0) is 6.42 Å². The molecular weight excluding hydrogens is 256 g/mol. The molecule has 0 radical (unpaired) electrons. The van der Waals surface area contributed by atoms with Crippen LogP contribution < -0.4 is 0 Å². The molecule has 0 saturated heterocycles. The number of thiophene rings is 1. The molecule has 0 saturated carbocycles. The molecule has 2 aromatic rings. The Kier molecular flexibility index (Phi) is 3.50. The van der Waals surface area contributed by atoms with Gasteiger partial charge in [0, 0.05) is 9.90 Å². The van der Waals surface area contributed by atoms with Gasteiger partial charge in [0.15, 0.2) is 0 Å². The van der Waals surface area contributed by atoms with Crippen LogP contribution in [0.25, 0.3) is 10.4 Å². The van der Waals surface area contributed by atoms with Crippen LogP contribution in [0, 0.1) is 0 Å². The molecule has 0 atom stereocenters. The molecule has 1 aromatic heterocycles. The van der Waals surface area contributed by atoms with Crippen LogP contribution in [0.15, 0.2) is 29.6 Å². The Morgan fingerprint density at radius 3 is 2.71 bits per heavy atom. The largest absolute Gasteiger partial charge is 0.478 e. The van der Waals surface area contributed by atoms with Crippen molar-refractivity contribution in [3.05, 3.63) is 45.8 Å². The lowest BCUT2D eigenvalue weighted by atomic mass is 10.1. The highest BCUT2D eigenvalue weighted by molar-refractivity contribution is 7.13. The summed E-state index contributed by atoms with van der Waals surface area (Å²) in [5.74, 6) is -0.957. The fourth-order valence-electron chi connectivity index (χ4n) is 1.57. The minimum Gasteiger partial charge on any atom is -0.478 e. The topological polar surface area (TPSA) is 37.3 Å². The Bertz CT molecular complexity index is 560. The van der Waals surface area contributed by atoms with Crippen molar-refractivity contribution in [1.29, 1.82) is 0 Å². The standard InChI is InChI=1S/C13H11ClO2S/c1-2-8-3-12(17-7-8)9-4-10(13(15)16)6-11(14)5-9/h3-7H,2H2,1H3,(H,15,16). The van der Waals surface area contributed by atoms with Gasteiger partial charge in [-0.3, -0.25) is 0 Å². The van der Waals surface area contributed by atoms with Crippen molar-refractivity contribution in [2.24, 2.45) is 0 Å². The van der Waals surface area contributed by atoms with E-state index in [1.54, 1.807) is 23.5 Å². The van der Waals surface area contributed by atoms with Crippen LogP contribution in [-0.4, -0.2) is 11.1 Å². The SMILES string of the molecule is CCc1csc(-c2cc(Cl)cc(C(=O)O)c2)c1. The van der Waals surface area contributed by atoms with Gasteiger partial charge in [-0.25, -0.2) is 4.79 Å². The van der Waals surface area contributed by atoms with Crippen molar-refractivity contribution in [3.63, 3.8) is 0 Å². The maximum Gasteiger partial charge on any atom is 0.335 e. The first-order valence-electron chi connectivity index (χ1n) is 5.22. The van der Waals surface area contributed by atoms with Gasteiger partial charge in [-0.05, 0) is 47.2 Å². The first-order chi connectivity index (χ1) is 8.10. The van der Waals surface area contributed by atoms with Gasteiger partial charge < -0.3 is 5.11 Å². The lowest BCUT2D eigenvalue weighted by molar-refractivity contribution is 0.0697. The first-order valence-corrected chi connectivity index (χ1v) is 6.47. The Morgan fingerprint density at radius 1 is 1.35 bits per heavy atom. The Hall–Kier alpha value is -1.32. The summed E-state index contributed by atoms with van der Waals surface area (Å²) in [6, 6.07) is 6.97. The number of hydrogen-bond acceptors (Lipinski definition) is 2. The fourth-order valence-corrected chi connectivity index (χ4v) is 2.79. The minimum absolute atomic E-state index is 0.221. The van der Waals surface area contributed by atoms with Crippen LogP contribution in [0.5, 0.6) is 0 Å². The number of aromatic carboxylic acids is 1. The summed E-state index contributed by atoms with van der Waals surface area (Å²) < 4.78 is 0. The van der Waals surface area contributed by atoms with Crippen LogP contribution in [0.4, 0.5) is 0 Å². The highest BCUT2D eigenvalue weighted by atomic mass is 35.5. The highest BCUT2D eigenvalue weighted by Crippen LogP contribution is 2.30. The lowest BCUT2D eigenvalue weighted by Crippen LogP contribution is -1.95. The van der Waals surface area contributed by atoms with Crippen LogP contribution in [0.3, 0.4) is 0 Å². The Morgan fingerprint density at radius 2 is 2.12 bits per heavy atom. The molecule has 0 aliphatic carbocycles. The molecule has 1 N–H and O–H groups in total. The second-order valence-electron chi connectivity index (χ2n) is 3.71. The predicted octanol–water partition coefficient (Wildman–Crippen LogP) is 4.33. The van der Waals surface area contributed by atoms with Crippen molar-refractivity contribution < 1.29 is 9.90 Å². The molecule has 0 aliphatic heterocycles. The molecule has 4 heteroatoms. The molecule has 2 nitrogen and oxygen atoms in total. The van der Waals surface area contributed by atoms with Gasteiger partial charge in [0.05, 0.1) is 5.56 Å². The molecule has 0 fully saturated rings. The average Bonchev–Trinajstić information content (AvgIpc) is 2.76. The molecule has 0 spiro atoms. The molecule has 0 bridgehead atoms. The number of aryl methyl sites for hydroxylation is 1. The van der Waals surface area contributed by atoms with E-state index in [1.165, 1.54) is 11.6 Å². The van der Waals surface area contributed by atoms with Crippen molar-refractivity contribution in [2.75, 3.05) is 0 Å². The van der Waals surface area contributed by atoms with Gasteiger partial charge >= 0.3 is 5.97 Å². The molecule has 0 aliphatic rings. The number of carboxylic acid groups (broad SMARTS) is 1. The monoisotopic (exact) mass is 266 g/mol. The summed E-state index contributed by atoms with van der Waals surface area (Å²) in [5, 5.41) is 11.5. The van der Waals surface area contributed by atoms with E-state index in [0.717, 1.165) is 16.9 Å². The van der Waals surface area contributed by atoms with Crippen molar-refractivity contribution in [2.45, 2.75) is 13.3 Å². The van der Waals surface area contributed by atoms with Gasteiger partial charge in [-0.15, -0.1) is 11.3 Å². The zero-order chi connectivity index (χ0) is 12.4. The molecule has 17 heavy (non-hydrogen) atoms. The number of halogens is 1. The Labute approximate surface area is 108 Å². The maximum absolute atomic E-state index is 10.9. The molecule has 0 unspecified atom stereocenters. The third kappa shape index (κ3) is 2.68. The van der Waals surface area contributed by atoms with E-state index in [4.69, 9.17) is 16.7 Å².